The third kappa shape index (κ3) is 4.85. The molecule has 1 saturated heterocycles. The minimum Gasteiger partial charge on any atom is -0.467 e. The van der Waals surface area contributed by atoms with Gasteiger partial charge in [-0.2, -0.15) is 0 Å². The molecular formula is C25H25FN2O3. The zero-order valence-corrected chi connectivity index (χ0v) is 17.5. The predicted octanol–water partition coefficient (Wildman–Crippen LogP) is 4.81. The fourth-order valence-corrected chi connectivity index (χ4v) is 3.94. The number of hydrogen-bond donors (Lipinski definition) is 0. The van der Waals surface area contributed by atoms with Crippen molar-refractivity contribution in [1.29, 1.82) is 0 Å². The van der Waals surface area contributed by atoms with Gasteiger partial charge < -0.3 is 14.2 Å². The van der Waals surface area contributed by atoms with Crippen LogP contribution in [0.3, 0.4) is 0 Å². The smallest absolute Gasteiger partial charge is 0.253 e. The zero-order valence-electron chi connectivity index (χ0n) is 17.5. The van der Waals surface area contributed by atoms with Crippen molar-refractivity contribution in [3.63, 3.8) is 0 Å². The van der Waals surface area contributed by atoms with E-state index in [1.54, 1.807) is 22.1 Å². The molecule has 0 aliphatic carbocycles. The second kappa shape index (κ2) is 9.16. The third-order valence-corrected chi connectivity index (χ3v) is 5.65. The molecule has 0 saturated carbocycles. The standard InChI is InChI=1S/C25H25FN2O3/c1-18-6-12-22(13-7-18)28(17-23-5-3-15-31-23)25(30)20-4-2-14-27(16-20)24(29)19-8-10-21(26)11-9-19/h3,5-13,15,20H,2,4,14,16-17H2,1H3/t20-/m0/s1. The van der Waals surface area contributed by atoms with E-state index < -0.39 is 0 Å². The highest BCUT2D eigenvalue weighted by Gasteiger charge is 2.32. The maximum absolute atomic E-state index is 13.6. The quantitative estimate of drug-likeness (QED) is 0.595. The Balaban J connectivity index is 1.53. The van der Waals surface area contributed by atoms with E-state index in [9.17, 15) is 14.0 Å². The largest absolute Gasteiger partial charge is 0.467 e. The number of carbonyl (C=O) groups is 2. The fraction of sp³-hybridized carbons (Fsp3) is 0.280. The van der Waals surface area contributed by atoms with Crippen LogP contribution in [-0.4, -0.2) is 29.8 Å². The average Bonchev–Trinajstić information content (AvgIpc) is 3.31. The van der Waals surface area contributed by atoms with Crippen molar-refractivity contribution in [2.45, 2.75) is 26.3 Å². The number of aryl methyl sites for hydroxylation is 1. The molecule has 2 aromatic carbocycles. The van der Waals surface area contributed by atoms with Gasteiger partial charge in [-0.1, -0.05) is 17.7 Å². The van der Waals surface area contributed by atoms with Gasteiger partial charge >= 0.3 is 0 Å². The van der Waals surface area contributed by atoms with Crippen molar-refractivity contribution >= 4 is 17.5 Å². The van der Waals surface area contributed by atoms with Gasteiger partial charge in [-0.15, -0.1) is 0 Å². The van der Waals surface area contributed by atoms with Gasteiger partial charge in [0.15, 0.2) is 0 Å². The van der Waals surface area contributed by atoms with Crippen LogP contribution >= 0.6 is 0 Å². The second-order valence-corrected chi connectivity index (χ2v) is 7.94. The van der Waals surface area contributed by atoms with Crippen LogP contribution in [0.4, 0.5) is 10.1 Å². The first-order valence-electron chi connectivity index (χ1n) is 10.5. The maximum atomic E-state index is 13.6. The van der Waals surface area contributed by atoms with Crippen molar-refractivity contribution in [2.24, 2.45) is 5.92 Å². The van der Waals surface area contributed by atoms with Gasteiger partial charge in [0, 0.05) is 24.3 Å². The molecule has 0 radical (unpaired) electrons. The van der Waals surface area contributed by atoms with Crippen LogP contribution in [0, 0.1) is 18.7 Å². The summed E-state index contributed by atoms with van der Waals surface area (Å²) in [6.07, 6.45) is 3.05. The first kappa shape index (κ1) is 20.8. The Hall–Kier alpha value is -3.41. The minimum atomic E-state index is -0.380. The maximum Gasteiger partial charge on any atom is 0.253 e. The molecule has 3 aromatic rings. The second-order valence-electron chi connectivity index (χ2n) is 7.94. The molecule has 1 fully saturated rings. The summed E-state index contributed by atoms with van der Waals surface area (Å²) in [4.78, 5) is 29.9. The topological polar surface area (TPSA) is 53.8 Å². The zero-order chi connectivity index (χ0) is 21.8. The summed E-state index contributed by atoms with van der Waals surface area (Å²) >= 11 is 0. The lowest BCUT2D eigenvalue weighted by Crippen LogP contribution is -2.46. The highest BCUT2D eigenvalue weighted by molar-refractivity contribution is 5.97. The highest BCUT2D eigenvalue weighted by atomic mass is 19.1. The number of furan rings is 1. The van der Waals surface area contributed by atoms with E-state index in [4.69, 9.17) is 4.42 Å². The number of halogens is 1. The summed E-state index contributed by atoms with van der Waals surface area (Å²) in [6, 6.07) is 17.0. The lowest BCUT2D eigenvalue weighted by molar-refractivity contribution is -0.123. The molecule has 31 heavy (non-hydrogen) atoms. The number of likely N-dealkylation sites (tertiary alicyclic amines) is 1. The minimum absolute atomic E-state index is 0.0307. The van der Waals surface area contributed by atoms with E-state index in [-0.39, 0.29) is 23.5 Å². The van der Waals surface area contributed by atoms with E-state index in [2.05, 4.69) is 0 Å². The number of amides is 2. The van der Waals surface area contributed by atoms with Crippen LogP contribution in [0.2, 0.25) is 0 Å². The SMILES string of the molecule is Cc1ccc(N(Cc2ccco2)C(=O)[C@H]2CCCN(C(=O)c3ccc(F)cc3)C2)cc1. The summed E-state index contributed by atoms with van der Waals surface area (Å²) in [5.74, 6) is -0.199. The van der Waals surface area contributed by atoms with Gasteiger partial charge in [0.2, 0.25) is 5.91 Å². The van der Waals surface area contributed by atoms with Crippen molar-refractivity contribution in [3.8, 4) is 0 Å². The first-order valence-corrected chi connectivity index (χ1v) is 10.5. The lowest BCUT2D eigenvalue weighted by Gasteiger charge is -2.35. The van der Waals surface area contributed by atoms with Crippen LogP contribution < -0.4 is 4.90 Å². The summed E-state index contributed by atoms with van der Waals surface area (Å²) in [5.41, 5.74) is 2.34. The highest BCUT2D eigenvalue weighted by Crippen LogP contribution is 2.26. The van der Waals surface area contributed by atoms with Crippen LogP contribution in [0.15, 0.2) is 71.3 Å². The van der Waals surface area contributed by atoms with Crippen molar-refractivity contribution in [2.75, 3.05) is 18.0 Å². The van der Waals surface area contributed by atoms with Gasteiger partial charge in [0.25, 0.3) is 5.91 Å². The molecule has 0 N–H and O–H groups in total. The molecule has 0 unspecified atom stereocenters. The summed E-state index contributed by atoms with van der Waals surface area (Å²) in [5, 5.41) is 0. The predicted molar refractivity (Wildman–Crippen MR) is 116 cm³/mol. The molecule has 0 spiro atoms. The fourth-order valence-electron chi connectivity index (χ4n) is 3.94. The molecular weight excluding hydrogens is 395 g/mol. The van der Waals surface area contributed by atoms with Crippen molar-refractivity contribution in [1.82, 2.24) is 4.90 Å². The molecule has 6 heteroatoms. The number of anilines is 1. The number of hydrogen-bond acceptors (Lipinski definition) is 3. The average molecular weight is 420 g/mol. The molecule has 1 aliphatic heterocycles. The van der Waals surface area contributed by atoms with Crippen LogP contribution in [0.5, 0.6) is 0 Å². The Bertz CT molecular complexity index is 1030. The Morgan fingerprint density at radius 3 is 2.52 bits per heavy atom. The molecule has 5 nitrogen and oxygen atoms in total. The van der Waals surface area contributed by atoms with E-state index in [1.165, 1.54) is 24.3 Å². The molecule has 2 amide bonds. The Morgan fingerprint density at radius 1 is 1.10 bits per heavy atom. The molecule has 1 aromatic heterocycles. The van der Waals surface area contributed by atoms with Gasteiger partial charge in [0.05, 0.1) is 18.7 Å². The molecule has 0 bridgehead atoms. The van der Waals surface area contributed by atoms with Crippen molar-refractivity contribution in [3.05, 3.63) is 89.6 Å². The normalized spacial score (nSPS) is 16.2. The Kier molecular flexibility index (Phi) is 6.16. The number of nitrogens with zero attached hydrogens (tertiary/aromatic N) is 2. The van der Waals surface area contributed by atoms with E-state index in [1.807, 2.05) is 37.3 Å². The monoisotopic (exact) mass is 420 g/mol. The van der Waals surface area contributed by atoms with E-state index in [0.717, 1.165) is 17.7 Å². The number of carbonyl (C=O) groups excluding carboxylic acids is 2. The molecule has 1 aliphatic rings. The van der Waals surface area contributed by atoms with Crippen molar-refractivity contribution < 1.29 is 18.4 Å². The first-order chi connectivity index (χ1) is 15.0. The number of benzene rings is 2. The van der Waals surface area contributed by atoms with Crippen LogP contribution in [0.25, 0.3) is 0 Å². The van der Waals surface area contributed by atoms with Gasteiger partial charge in [-0.05, 0) is 68.3 Å². The van der Waals surface area contributed by atoms with Gasteiger partial charge in [-0.25, -0.2) is 4.39 Å². The molecule has 1 atom stereocenters. The van der Waals surface area contributed by atoms with Gasteiger partial charge in [-0.3, -0.25) is 9.59 Å². The van der Waals surface area contributed by atoms with E-state index in [0.29, 0.717) is 37.4 Å². The Labute approximate surface area is 181 Å². The molecule has 2 heterocycles. The summed E-state index contributed by atoms with van der Waals surface area (Å²) in [7, 11) is 0. The van der Waals surface area contributed by atoms with Gasteiger partial charge in [0.1, 0.15) is 11.6 Å². The van der Waals surface area contributed by atoms with Crippen LogP contribution in [0.1, 0.15) is 34.5 Å². The number of piperidine rings is 1. The van der Waals surface area contributed by atoms with E-state index >= 15 is 0 Å². The summed E-state index contributed by atoms with van der Waals surface area (Å²) < 4.78 is 18.7. The third-order valence-electron chi connectivity index (χ3n) is 5.65. The Morgan fingerprint density at radius 2 is 1.84 bits per heavy atom. The lowest BCUT2D eigenvalue weighted by atomic mass is 9.95. The summed E-state index contributed by atoms with van der Waals surface area (Å²) in [6.45, 7) is 3.26. The molecule has 160 valence electrons. The molecule has 4 rings (SSSR count). The number of rotatable bonds is 5. The van der Waals surface area contributed by atoms with Crippen LogP contribution in [-0.2, 0) is 11.3 Å².